The summed E-state index contributed by atoms with van der Waals surface area (Å²) in [5.41, 5.74) is 7.39. The number of anilines is 1. The van der Waals surface area contributed by atoms with Crippen LogP contribution in [0.1, 0.15) is 18.4 Å². The highest BCUT2D eigenvalue weighted by molar-refractivity contribution is 5.62. The maximum Gasteiger partial charge on any atom is 0.121 e. The zero-order chi connectivity index (χ0) is 13.0. The lowest BCUT2D eigenvalue weighted by molar-refractivity contribution is 0.408. The van der Waals surface area contributed by atoms with Crippen LogP contribution in [0.3, 0.4) is 0 Å². The van der Waals surface area contributed by atoms with Crippen LogP contribution >= 0.6 is 0 Å². The fourth-order valence-electron chi connectivity index (χ4n) is 2.40. The van der Waals surface area contributed by atoms with Gasteiger partial charge in [-0.15, -0.1) is 0 Å². The van der Waals surface area contributed by atoms with Gasteiger partial charge in [0.25, 0.3) is 0 Å². The molecule has 1 aromatic carbocycles. The Morgan fingerprint density at radius 2 is 2.17 bits per heavy atom. The number of nitrogens with two attached hydrogens (primary N) is 1. The molecule has 0 aliphatic carbocycles. The minimum Gasteiger partial charge on any atom is -0.497 e. The van der Waals surface area contributed by atoms with Crippen molar-refractivity contribution in [2.45, 2.75) is 12.8 Å². The lowest BCUT2D eigenvalue weighted by Gasteiger charge is -2.33. The second-order valence-electron chi connectivity index (χ2n) is 4.66. The number of ether oxygens (including phenoxy) is 1. The predicted octanol–water partition coefficient (Wildman–Crippen LogP) is 1.74. The van der Waals surface area contributed by atoms with Crippen molar-refractivity contribution in [2.75, 3.05) is 31.6 Å². The van der Waals surface area contributed by atoms with Crippen molar-refractivity contribution in [2.24, 2.45) is 11.7 Å². The Hall–Kier alpha value is -1.73. The molecule has 2 rings (SSSR count). The van der Waals surface area contributed by atoms with Crippen molar-refractivity contribution < 1.29 is 4.74 Å². The first-order valence-electron chi connectivity index (χ1n) is 6.31. The molecular weight excluding hydrogens is 226 g/mol. The molecule has 0 radical (unpaired) electrons. The zero-order valence-electron chi connectivity index (χ0n) is 10.7. The van der Waals surface area contributed by atoms with Crippen molar-refractivity contribution in [3.8, 4) is 11.8 Å². The van der Waals surface area contributed by atoms with Gasteiger partial charge in [0.1, 0.15) is 11.8 Å². The molecule has 2 N–H and O–H groups in total. The first-order chi connectivity index (χ1) is 8.78. The molecule has 0 atom stereocenters. The topological polar surface area (TPSA) is 62.3 Å². The Labute approximate surface area is 108 Å². The van der Waals surface area contributed by atoms with Gasteiger partial charge >= 0.3 is 0 Å². The quantitative estimate of drug-likeness (QED) is 0.881. The second kappa shape index (κ2) is 5.74. The van der Waals surface area contributed by atoms with Gasteiger partial charge in [-0.2, -0.15) is 5.26 Å². The summed E-state index contributed by atoms with van der Waals surface area (Å²) in [6.07, 6.45) is 2.19. The molecule has 0 saturated carbocycles. The molecule has 1 heterocycles. The van der Waals surface area contributed by atoms with E-state index in [0.29, 0.717) is 11.5 Å². The monoisotopic (exact) mass is 245 g/mol. The average molecular weight is 245 g/mol. The van der Waals surface area contributed by atoms with E-state index in [0.717, 1.165) is 43.9 Å². The lowest BCUT2D eigenvalue weighted by Crippen LogP contribution is -2.36. The minimum absolute atomic E-state index is 0.623. The number of nitriles is 1. The van der Waals surface area contributed by atoms with Crippen molar-refractivity contribution >= 4 is 5.69 Å². The number of rotatable bonds is 3. The van der Waals surface area contributed by atoms with Crippen molar-refractivity contribution in [3.05, 3.63) is 23.8 Å². The van der Waals surface area contributed by atoms with E-state index in [1.807, 2.05) is 18.2 Å². The maximum atomic E-state index is 9.17. The zero-order valence-corrected chi connectivity index (χ0v) is 10.7. The summed E-state index contributed by atoms with van der Waals surface area (Å²) in [6.45, 7) is 2.69. The number of piperidine rings is 1. The smallest absolute Gasteiger partial charge is 0.121 e. The van der Waals surface area contributed by atoms with Gasteiger partial charge < -0.3 is 15.4 Å². The number of methoxy groups -OCH3 is 1. The second-order valence-corrected chi connectivity index (χ2v) is 4.66. The standard InChI is InChI=1S/C14H19N3O/c1-18-13-3-2-12(10-16)14(8-13)17-6-4-11(9-15)5-7-17/h2-3,8,11H,4-7,9,15H2,1H3. The molecule has 1 fully saturated rings. The Balaban J connectivity index is 2.20. The molecule has 4 nitrogen and oxygen atoms in total. The number of benzene rings is 1. The van der Waals surface area contributed by atoms with Crippen LogP contribution in [0.25, 0.3) is 0 Å². The molecular formula is C14H19N3O. The van der Waals surface area contributed by atoms with Gasteiger partial charge in [0, 0.05) is 19.2 Å². The van der Waals surface area contributed by atoms with Crippen LogP contribution in [0, 0.1) is 17.2 Å². The van der Waals surface area contributed by atoms with Crippen LogP contribution in [0.4, 0.5) is 5.69 Å². The van der Waals surface area contributed by atoms with Crippen molar-refractivity contribution in [1.29, 1.82) is 5.26 Å². The van der Waals surface area contributed by atoms with Gasteiger partial charge in [-0.1, -0.05) is 0 Å². The summed E-state index contributed by atoms with van der Waals surface area (Å²) in [5.74, 6) is 1.42. The van der Waals surface area contributed by atoms with Gasteiger partial charge in [-0.3, -0.25) is 0 Å². The van der Waals surface area contributed by atoms with Crippen LogP contribution in [-0.4, -0.2) is 26.7 Å². The third-order valence-electron chi connectivity index (χ3n) is 3.61. The summed E-state index contributed by atoms with van der Waals surface area (Å²) in [7, 11) is 1.64. The van der Waals surface area contributed by atoms with Gasteiger partial charge in [0.05, 0.1) is 18.4 Å². The first kappa shape index (κ1) is 12.7. The molecule has 96 valence electrons. The molecule has 0 spiro atoms. The van der Waals surface area contributed by atoms with Crippen LogP contribution in [0.15, 0.2) is 18.2 Å². The van der Waals surface area contributed by atoms with Gasteiger partial charge in [0.15, 0.2) is 0 Å². The van der Waals surface area contributed by atoms with E-state index in [1.165, 1.54) is 0 Å². The molecule has 18 heavy (non-hydrogen) atoms. The summed E-state index contributed by atoms with van der Waals surface area (Å²) < 4.78 is 5.23. The highest BCUT2D eigenvalue weighted by Gasteiger charge is 2.20. The predicted molar refractivity (Wildman–Crippen MR) is 71.7 cm³/mol. The van der Waals surface area contributed by atoms with E-state index >= 15 is 0 Å². The number of hydrogen-bond acceptors (Lipinski definition) is 4. The molecule has 1 aromatic rings. The largest absolute Gasteiger partial charge is 0.497 e. The van der Waals surface area contributed by atoms with E-state index in [2.05, 4.69) is 11.0 Å². The highest BCUT2D eigenvalue weighted by atomic mass is 16.5. The van der Waals surface area contributed by atoms with E-state index in [-0.39, 0.29) is 0 Å². The van der Waals surface area contributed by atoms with Crippen LogP contribution < -0.4 is 15.4 Å². The number of nitrogens with zero attached hydrogens (tertiary/aromatic N) is 2. The normalized spacial score (nSPS) is 16.4. The van der Waals surface area contributed by atoms with Crippen LogP contribution in [-0.2, 0) is 0 Å². The molecule has 1 saturated heterocycles. The molecule has 0 bridgehead atoms. The Kier molecular flexibility index (Phi) is 4.06. The third-order valence-corrected chi connectivity index (χ3v) is 3.61. The molecule has 1 aliphatic heterocycles. The summed E-state index contributed by atoms with van der Waals surface area (Å²) in [4.78, 5) is 2.26. The third kappa shape index (κ3) is 2.57. The minimum atomic E-state index is 0.623. The fraction of sp³-hybridized carbons (Fsp3) is 0.500. The number of hydrogen-bond donors (Lipinski definition) is 1. The summed E-state index contributed by atoms with van der Waals surface area (Å²) in [5, 5.41) is 9.17. The van der Waals surface area contributed by atoms with Crippen LogP contribution in [0.2, 0.25) is 0 Å². The van der Waals surface area contributed by atoms with E-state index < -0.39 is 0 Å². The summed E-state index contributed by atoms with van der Waals surface area (Å²) in [6, 6.07) is 7.84. The van der Waals surface area contributed by atoms with Crippen molar-refractivity contribution in [1.82, 2.24) is 0 Å². The first-order valence-corrected chi connectivity index (χ1v) is 6.31. The molecule has 0 aromatic heterocycles. The molecule has 1 aliphatic rings. The van der Waals surface area contributed by atoms with Gasteiger partial charge in [-0.05, 0) is 37.4 Å². The van der Waals surface area contributed by atoms with Gasteiger partial charge in [0.2, 0.25) is 0 Å². The molecule has 4 heteroatoms. The molecule has 0 amide bonds. The van der Waals surface area contributed by atoms with Crippen LogP contribution in [0.5, 0.6) is 5.75 Å². The average Bonchev–Trinajstić information content (AvgIpc) is 2.46. The van der Waals surface area contributed by atoms with E-state index in [1.54, 1.807) is 7.11 Å². The summed E-state index contributed by atoms with van der Waals surface area (Å²) >= 11 is 0. The fourth-order valence-corrected chi connectivity index (χ4v) is 2.40. The molecule has 0 unspecified atom stereocenters. The maximum absolute atomic E-state index is 9.17. The van der Waals surface area contributed by atoms with E-state index in [4.69, 9.17) is 10.5 Å². The van der Waals surface area contributed by atoms with Crippen molar-refractivity contribution in [3.63, 3.8) is 0 Å². The Morgan fingerprint density at radius 1 is 1.44 bits per heavy atom. The highest BCUT2D eigenvalue weighted by Crippen LogP contribution is 2.29. The van der Waals surface area contributed by atoms with E-state index in [9.17, 15) is 5.26 Å². The lowest BCUT2D eigenvalue weighted by atomic mass is 9.96. The van der Waals surface area contributed by atoms with Gasteiger partial charge in [-0.25, -0.2) is 0 Å². The SMILES string of the molecule is COc1ccc(C#N)c(N2CCC(CN)CC2)c1. The Morgan fingerprint density at radius 3 is 2.72 bits per heavy atom. The Bertz CT molecular complexity index is 445.